The number of carbonyl (C=O) groups excluding carboxylic acids is 1. The monoisotopic (exact) mass is 361 g/mol. The van der Waals surface area contributed by atoms with E-state index in [1.165, 1.54) is 0 Å². The Balaban J connectivity index is 1.94. The summed E-state index contributed by atoms with van der Waals surface area (Å²) in [4.78, 5) is 17.4. The largest absolute Gasteiger partial charge is 0.463 e. The summed E-state index contributed by atoms with van der Waals surface area (Å²) in [5, 5.41) is 7.72. The number of pyridine rings is 1. The molecule has 1 aromatic carbocycles. The molecule has 27 heavy (non-hydrogen) atoms. The Kier molecular flexibility index (Phi) is 4.24. The number of hydrogen-bond acceptors (Lipinski definition) is 5. The molecule has 0 spiro atoms. The molecule has 0 aliphatic heterocycles. The van der Waals surface area contributed by atoms with E-state index in [0.29, 0.717) is 33.8 Å². The standard InChI is InChI=1S/C21H19N3O3/c1-12(2)22-20(25)15-11-16(17-5-4-10-26-17)23-21-18(15)19(24-27-21)14-8-6-13(3)7-9-14/h4-12H,1-3H3,(H,22,25). The number of hydrogen-bond donors (Lipinski definition) is 1. The van der Waals surface area contributed by atoms with Crippen molar-refractivity contribution in [2.24, 2.45) is 0 Å². The highest BCUT2D eigenvalue weighted by molar-refractivity contribution is 6.10. The molecule has 6 nitrogen and oxygen atoms in total. The molecule has 0 saturated heterocycles. The van der Waals surface area contributed by atoms with Crippen molar-refractivity contribution >= 4 is 17.0 Å². The van der Waals surface area contributed by atoms with Gasteiger partial charge in [0.05, 0.1) is 17.2 Å². The van der Waals surface area contributed by atoms with Gasteiger partial charge in [0, 0.05) is 11.6 Å². The highest BCUT2D eigenvalue weighted by Crippen LogP contribution is 2.33. The molecule has 3 aromatic heterocycles. The highest BCUT2D eigenvalue weighted by Gasteiger charge is 2.23. The van der Waals surface area contributed by atoms with Crippen LogP contribution in [0.15, 0.2) is 57.7 Å². The first kappa shape index (κ1) is 17.0. The zero-order valence-electron chi connectivity index (χ0n) is 15.3. The molecular formula is C21H19N3O3. The van der Waals surface area contributed by atoms with Crippen LogP contribution in [0.5, 0.6) is 0 Å². The summed E-state index contributed by atoms with van der Waals surface area (Å²) in [5.41, 5.74) is 3.88. The molecule has 0 unspecified atom stereocenters. The smallest absolute Gasteiger partial charge is 0.259 e. The molecule has 136 valence electrons. The molecule has 0 aliphatic carbocycles. The second kappa shape index (κ2) is 6.72. The van der Waals surface area contributed by atoms with Gasteiger partial charge in [-0.05, 0) is 39.0 Å². The Hall–Kier alpha value is -3.41. The molecule has 0 radical (unpaired) electrons. The van der Waals surface area contributed by atoms with E-state index in [0.717, 1.165) is 11.1 Å². The molecule has 0 atom stereocenters. The van der Waals surface area contributed by atoms with Crippen LogP contribution in [0.1, 0.15) is 29.8 Å². The van der Waals surface area contributed by atoms with Crippen LogP contribution in [-0.2, 0) is 0 Å². The minimum atomic E-state index is -0.207. The Labute approximate surface area is 156 Å². The summed E-state index contributed by atoms with van der Waals surface area (Å²) in [7, 11) is 0. The number of benzene rings is 1. The van der Waals surface area contributed by atoms with Gasteiger partial charge in [-0.2, -0.15) is 0 Å². The van der Waals surface area contributed by atoms with Crippen LogP contribution in [0.2, 0.25) is 0 Å². The minimum Gasteiger partial charge on any atom is -0.463 e. The molecule has 1 amide bonds. The number of nitrogens with one attached hydrogen (secondary N) is 1. The average molecular weight is 361 g/mol. The van der Waals surface area contributed by atoms with E-state index in [2.05, 4.69) is 15.5 Å². The summed E-state index contributed by atoms with van der Waals surface area (Å²) in [6.45, 7) is 5.85. The minimum absolute atomic E-state index is 0.00420. The molecule has 0 saturated carbocycles. The lowest BCUT2D eigenvalue weighted by molar-refractivity contribution is 0.0944. The van der Waals surface area contributed by atoms with Crippen LogP contribution in [0.25, 0.3) is 33.8 Å². The summed E-state index contributed by atoms with van der Waals surface area (Å²) >= 11 is 0. The molecule has 6 heteroatoms. The van der Waals surface area contributed by atoms with Crippen molar-refractivity contribution in [1.82, 2.24) is 15.5 Å². The number of rotatable bonds is 4. The van der Waals surface area contributed by atoms with Gasteiger partial charge in [0.2, 0.25) is 0 Å². The first-order chi connectivity index (χ1) is 13.0. The first-order valence-electron chi connectivity index (χ1n) is 8.75. The van der Waals surface area contributed by atoms with Gasteiger partial charge < -0.3 is 14.3 Å². The maximum absolute atomic E-state index is 12.9. The second-order valence-electron chi connectivity index (χ2n) is 6.74. The Bertz CT molecular complexity index is 1090. The van der Waals surface area contributed by atoms with Gasteiger partial charge in [0.15, 0.2) is 5.76 Å². The molecule has 4 rings (SSSR count). The number of amides is 1. The first-order valence-corrected chi connectivity index (χ1v) is 8.75. The summed E-state index contributed by atoms with van der Waals surface area (Å²) in [5.74, 6) is 0.352. The van der Waals surface area contributed by atoms with Gasteiger partial charge >= 0.3 is 0 Å². The van der Waals surface area contributed by atoms with E-state index >= 15 is 0 Å². The third-order valence-electron chi connectivity index (χ3n) is 4.21. The van der Waals surface area contributed by atoms with E-state index in [9.17, 15) is 4.79 Å². The molecular weight excluding hydrogens is 342 g/mol. The number of carbonyl (C=O) groups is 1. The van der Waals surface area contributed by atoms with Gasteiger partial charge in [-0.25, -0.2) is 4.98 Å². The molecule has 0 bridgehead atoms. The number of furan rings is 1. The third-order valence-corrected chi connectivity index (χ3v) is 4.21. The van der Waals surface area contributed by atoms with Gasteiger partial charge in [0.1, 0.15) is 11.4 Å². The number of aryl methyl sites for hydroxylation is 1. The maximum Gasteiger partial charge on any atom is 0.259 e. The van der Waals surface area contributed by atoms with Crippen molar-refractivity contribution in [3.8, 4) is 22.7 Å². The summed E-state index contributed by atoms with van der Waals surface area (Å²) < 4.78 is 10.9. The number of nitrogens with zero attached hydrogens (tertiary/aromatic N) is 2. The van der Waals surface area contributed by atoms with Crippen LogP contribution >= 0.6 is 0 Å². The van der Waals surface area contributed by atoms with Crippen molar-refractivity contribution in [2.45, 2.75) is 26.8 Å². The van der Waals surface area contributed by atoms with E-state index in [1.807, 2.05) is 45.0 Å². The van der Waals surface area contributed by atoms with Crippen LogP contribution < -0.4 is 5.32 Å². The Morgan fingerprint density at radius 2 is 1.93 bits per heavy atom. The van der Waals surface area contributed by atoms with Crippen LogP contribution in [0, 0.1) is 6.92 Å². The van der Waals surface area contributed by atoms with Crippen LogP contribution in [0.4, 0.5) is 0 Å². The van der Waals surface area contributed by atoms with Crippen molar-refractivity contribution in [3.05, 3.63) is 59.9 Å². The summed E-state index contributed by atoms with van der Waals surface area (Å²) in [6, 6.07) is 13.2. The molecule has 1 N–H and O–H groups in total. The lowest BCUT2D eigenvalue weighted by Crippen LogP contribution is -2.30. The van der Waals surface area contributed by atoms with Crippen LogP contribution in [0.3, 0.4) is 0 Å². The number of fused-ring (bicyclic) bond motifs is 1. The Morgan fingerprint density at radius 1 is 1.15 bits per heavy atom. The zero-order valence-corrected chi connectivity index (χ0v) is 15.3. The summed E-state index contributed by atoms with van der Waals surface area (Å²) in [6.07, 6.45) is 1.56. The van der Waals surface area contributed by atoms with Crippen molar-refractivity contribution in [3.63, 3.8) is 0 Å². The predicted molar refractivity (Wildman–Crippen MR) is 102 cm³/mol. The fourth-order valence-electron chi connectivity index (χ4n) is 2.93. The van der Waals surface area contributed by atoms with E-state index < -0.39 is 0 Å². The average Bonchev–Trinajstić information content (AvgIpc) is 3.31. The second-order valence-corrected chi connectivity index (χ2v) is 6.74. The lowest BCUT2D eigenvalue weighted by Gasteiger charge is -2.10. The van der Waals surface area contributed by atoms with Gasteiger partial charge in [-0.15, -0.1) is 0 Å². The number of aromatic nitrogens is 2. The predicted octanol–water partition coefficient (Wildman–Crippen LogP) is 4.60. The molecule has 3 heterocycles. The topological polar surface area (TPSA) is 81.2 Å². The molecule has 4 aromatic rings. The SMILES string of the molecule is Cc1ccc(-c2noc3nc(-c4ccco4)cc(C(=O)NC(C)C)c23)cc1. The van der Waals surface area contributed by atoms with Gasteiger partial charge in [0.25, 0.3) is 11.6 Å². The fraction of sp³-hybridized carbons (Fsp3) is 0.190. The van der Waals surface area contributed by atoms with Gasteiger partial charge in [-0.3, -0.25) is 4.79 Å². The molecule has 0 aliphatic rings. The molecule has 0 fully saturated rings. The van der Waals surface area contributed by atoms with E-state index in [4.69, 9.17) is 8.94 Å². The lowest BCUT2D eigenvalue weighted by atomic mass is 10.0. The fourth-order valence-corrected chi connectivity index (χ4v) is 2.93. The van der Waals surface area contributed by atoms with Crippen molar-refractivity contribution in [1.29, 1.82) is 0 Å². The van der Waals surface area contributed by atoms with Gasteiger partial charge in [-0.1, -0.05) is 35.0 Å². The van der Waals surface area contributed by atoms with E-state index in [1.54, 1.807) is 24.5 Å². The third kappa shape index (κ3) is 3.21. The van der Waals surface area contributed by atoms with E-state index in [-0.39, 0.29) is 11.9 Å². The van der Waals surface area contributed by atoms with Crippen molar-refractivity contribution in [2.75, 3.05) is 0 Å². The quantitative estimate of drug-likeness (QED) is 0.575. The Morgan fingerprint density at radius 3 is 2.59 bits per heavy atom. The maximum atomic E-state index is 12.9. The normalized spacial score (nSPS) is 11.3. The zero-order chi connectivity index (χ0) is 19.0. The highest BCUT2D eigenvalue weighted by atomic mass is 16.5. The van der Waals surface area contributed by atoms with Crippen LogP contribution in [-0.4, -0.2) is 22.1 Å². The van der Waals surface area contributed by atoms with Crippen molar-refractivity contribution < 1.29 is 13.7 Å².